The smallest absolute Gasteiger partial charge is 0.239 e. The van der Waals surface area contributed by atoms with Crippen LogP contribution in [0.1, 0.15) is 0 Å². The summed E-state index contributed by atoms with van der Waals surface area (Å²) in [4.78, 5) is 13.6. The van der Waals surface area contributed by atoms with Crippen LogP contribution in [0.4, 0.5) is 0 Å². The van der Waals surface area contributed by atoms with Crippen molar-refractivity contribution in [1.29, 1.82) is 0 Å². The van der Waals surface area contributed by atoms with Gasteiger partial charge in [0.2, 0.25) is 17.5 Å². The highest BCUT2D eigenvalue weighted by molar-refractivity contribution is 5.88. The highest BCUT2D eigenvalue weighted by Gasteiger charge is 2.49. The van der Waals surface area contributed by atoms with Crippen LogP contribution >= 0.6 is 0 Å². The lowest BCUT2D eigenvalue weighted by molar-refractivity contribution is -0.348. The Labute approximate surface area is 235 Å². The fourth-order valence-electron chi connectivity index (χ4n) is 4.69. The molecular weight excluding hydrogens is 568 g/mol. The number of hydrogen-bond acceptors (Lipinski definition) is 16. The van der Waals surface area contributed by atoms with E-state index in [9.17, 15) is 55.9 Å². The summed E-state index contributed by atoms with van der Waals surface area (Å²) < 4.78 is 28.0. The zero-order chi connectivity index (χ0) is 30.5. The average Bonchev–Trinajstić information content (AvgIpc) is 2.94. The van der Waals surface area contributed by atoms with E-state index >= 15 is 0 Å². The third kappa shape index (κ3) is 5.31. The van der Waals surface area contributed by atoms with Gasteiger partial charge in [0.25, 0.3) is 0 Å². The van der Waals surface area contributed by atoms with Gasteiger partial charge in [-0.3, -0.25) is 4.79 Å². The molecule has 0 aliphatic carbocycles. The van der Waals surface area contributed by atoms with Gasteiger partial charge >= 0.3 is 0 Å². The number of phenols is 4. The van der Waals surface area contributed by atoms with Gasteiger partial charge in [0.1, 0.15) is 59.1 Å². The van der Waals surface area contributed by atoms with Crippen LogP contribution in [0.3, 0.4) is 0 Å². The van der Waals surface area contributed by atoms with Crippen molar-refractivity contribution >= 4 is 11.0 Å². The van der Waals surface area contributed by atoms with Crippen molar-refractivity contribution in [2.45, 2.75) is 55.3 Å². The molecule has 3 heterocycles. The summed E-state index contributed by atoms with van der Waals surface area (Å²) in [5.41, 5.74) is -1.32. The SMILES string of the molecule is O=c1c(OC2OCC(O)C(O)C2OC2OC(CO)C(O)C(O)C2O)c(-c2ccc(O)c(O)c2)oc2cc(O)cc(O)c12. The molecule has 2 saturated heterocycles. The molecule has 16 heteroatoms. The van der Waals surface area contributed by atoms with E-state index in [0.717, 1.165) is 24.3 Å². The molecule has 5 rings (SSSR count). The first-order valence-corrected chi connectivity index (χ1v) is 12.6. The van der Waals surface area contributed by atoms with Gasteiger partial charge in [-0.15, -0.1) is 0 Å². The molecule has 2 fully saturated rings. The van der Waals surface area contributed by atoms with Crippen molar-refractivity contribution in [3.63, 3.8) is 0 Å². The monoisotopic (exact) mass is 596 g/mol. The molecule has 0 saturated carbocycles. The maximum atomic E-state index is 13.6. The van der Waals surface area contributed by atoms with E-state index < -0.39 is 108 Å². The molecule has 3 aromatic rings. The van der Waals surface area contributed by atoms with Crippen LogP contribution in [0, 0.1) is 0 Å². The van der Waals surface area contributed by atoms with Gasteiger partial charge < -0.3 is 74.4 Å². The first-order chi connectivity index (χ1) is 19.9. The molecule has 9 atom stereocenters. The molecule has 0 radical (unpaired) electrons. The second-order valence-corrected chi connectivity index (χ2v) is 9.81. The summed E-state index contributed by atoms with van der Waals surface area (Å²) >= 11 is 0. The highest BCUT2D eigenvalue weighted by atomic mass is 16.8. The Morgan fingerprint density at radius 2 is 1.57 bits per heavy atom. The Balaban J connectivity index is 1.58. The third-order valence-corrected chi connectivity index (χ3v) is 6.96. The normalized spacial score (nSPS) is 31.7. The minimum Gasteiger partial charge on any atom is -0.508 e. The predicted molar refractivity (Wildman–Crippen MR) is 136 cm³/mol. The summed E-state index contributed by atoms with van der Waals surface area (Å²) in [5, 5.41) is 101. The number of hydrogen-bond donors (Lipinski definition) is 10. The zero-order valence-corrected chi connectivity index (χ0v) is 21.4. The van der Waals surface area contributed by atoms with E-state index in [1.165, 1.54) is 6.07 Å². The third-order valence-electron chi connectivity index (χ3n) is 6.96. The van der Waals surface area contributed by atoms with Gasteiger partial charge in [0.05, 0.1) is 13.2 Å². The van der Waals surface area contributed by atoms with Crippen LogP contribution in [0.5, 0.6) is 28.7 Å². The molecule has 2 aliphatic rings. The van der Waals surface area contributed by atoms with Crippen LogP contribution in [0.2, 0.25) is 0 Å². The van der Waals surface area contributed by atoms with E-state index in [1.54, 1.807) is 0 Å². The Morgan fingerprint density at radius 3 is 2.26 bits per heavy atom. The molecule has 0 spiro atoms. The van der Waals surface area contributed by atoms with Crippen LogP contribution in [-0.4, -0.2) is 120 Å². The summed E-state index contributed by atoms with van der Waals surface area (Å²) in [6.45, 7) is -1.31. The first-order valence-electron chi connectivity index (χ1n) is 12.6. The molecule has 10 N–H and O–H groups in total. The molecule has 2 aliphatic heterocycles. The molecule has 0 bridgehead atoms. The number of fused-ring (bicyclic) bond motifs is 1. The Kier molecular flexibility index (Phi) is 8.17. The molecular formula is C26H28O16. The van der Waals surface area contributed by atoms with Crippen molar-refractivity contribution in [3.8, 4) is 40.1 Å². The van der Waals surface area contributed by atoms with Gasteiger partial charge in [-0.1, -0.05) is 0 Å². The van der Waals surface area contributed by atoms with E-state index in [4.69, 9.17) is 23.4 Å². The fourth-order valence-corrected chi connectivity index (χ4v) is 4.69. The number of ether oxygens (including phenoxy) is 4. The minimum absolute atomic E-state index is 0.0232. The zero-order valence-electron chi connectivity index (χ0n) is 21.4. The van der Waals surface area contributed by atoms with Gasteiger partial charge in [-0.05, 0) is 18.2 Å². The van der Waals surface area contributed by atoms with Crippen molar-refractivity contribution < 1.29 is 74.4 Å². The molecule has 1 aromatic heterocycles. The van der Waals surface area contributed by atoms with Crippen LogP contribution in [-0.2, 0) is 14.2 Å². The number of rotatable bonds is 6. The number of aromatic hydroxyl groups is 4. The van der Waals surface area contributed by atoms with Crippen LogP contribution in [0.15, 0.2) is 39.5 Å². The Morgan fingerprint density at radius 1 is 0.833 bits per heavy atom. The molecule has 16 nitrogen and oxygen atoms in total. The van der Waals surface area contributed by atoms with Crippen molar-refractivity contribution in [3.05, 3.63) is 40.6 Å². The molecule has 228 valence electrons. The summed E-state index contributed by atoms with van der Waals surface area (Å²) in [6, 6.07) is 5.26. The van der Waals surface area contributed by atoms with Crippen molar-refractivity contribution in [2.24, 2.45) is 0 Å². The Bertz CT molecular complexity index is 1500. The molecule has 0 amide bonds. The first kappa shape index (κ1) is 29.8. The molecule has 2 aromatic carbocycles. The van der Waals surface area contributed by atoms with E-state index in [1.807, 2.05) is 0 Å². The van der Waals surface area contributed by atoms with E-state index in [-0.39, 0.29) is 16.9 Å². The minimum atomic E-state index is -1.90. The van der Waals surface area contributed by atoms with Crippen LogP contribution in [0.25, 0.3) is 22.3 Å². The number of aliphatic hydroxyl groups excluding tert-OH is 6. The molecule has 42 heavy (non-hydrogen) atoms. The predicted octanol–water partition coefficient (Wildman–Crippen LogP) is -2.08. The molecule has 9 unspecified atom stereocenters. The van der Waals surface area contributed by atoms with Gasteiger partial charge in [-0.2, -0.15) is 0 Å². The maximum absolute atomic E-state index is 13.6. The van der Waals surface area contributed by atoms with E-state index in [2.05, 4.69) is 0 Å². The maximum Gasteiger partial charge on any atom is 0.239 e. The summed E-state index contributed by atoms with van der Waals surface area (Å²) in [6.07, 6.45) is -15.5. The topological polar surface area (TPSA) is 269 Å². The van der Waals surface area contributed by atoms with E-state index in [0.29, 0.717) is 0 Å². The summed E-state index contributed by atoms with van der Waals surface area (Å²) in [5.74, 6) is -3.28. The lowest BCUT2D eigenvalue weighted by atomic mass is 9.99. The fraction of sp³-hybridized carbons (Fsp3) is 0.423. The average molecular weight is 596 g/mol. The summed E-state index contributed by atoms with van der Waals surface area (Å²) in [7, 11) is 0. The number of aliphatic hydroxyl groups is 6. The largest absolute Gasteiger partial charge is 0.508 e. The standard InChI is InChI=1S/C26H28O16/c27-6-15-18(34)20(36)21(37)25(40-15)42-24-17(33)13(32)7-38-26(24)41-23-19(35)16-12(31)4-9(28)5-14(16)39-22(23)8-1-2-10(29)11(30)3-8/h1-5,13,15,17-18,20-21,24-34,36-37H,6-7H2. The second-order valence-electron chi connectivity index (χ2n) is 9.81. The number of benzene rings is 2. The lowest BCUT2D eigenvalue weighted by Crippen LogP contribution is -2.63. The van der Waals surface area contributed by atoms with Gasteiger partial charge in [-0.25, -0.2) is 0 Å². The quantitative estimate of drug-likeness (QED) is 0.137. The van der Waals surface area contributed by atoms with Crippen molar-refractivity contribution in [2.75, 3.05) is 13.2 Å². The second kappa shape index (κ2) is 11.5. The lowest BCUT2D eigenvalue weighted by Gasteiger charge is -2.44. The number of phenolic OH excluding ortho intramolecular Hbond substituents is 4. The Hall–Kier alpha value is -3.71. The van der Waals surface area contributed by atoms with Gasteiger partial charge in [0, 0.05) is 17.7 Å². The van der Waals surface area contributed by atoms with Crippen molar-refractivity contribution in [1.82, 2.24) is 0 Å². The van der Waals surface area contributed by atoms with Gasteiger partial charge in [0.15, 0.2) is 29.7 Å². The highest BCUT2D eigenvalue weighted by Crippen LogP contribution is 2.39. The van der Waals surface area contributed by atoms with Crippen LogP contribution < -0.4 is 10.2 Å².